The molecule has 3 rings (SSSR count). The molecule has 1 aliphatic rings. The van der Waals surface area contributed by atoms with Crippen molar-refractivity contribution in [2.24, 2.45) is 10.7 Å². The predicted molar refractivity (Wildman–Crippen MR) is 94.8 cm³/mol. The highest BCUT2D eigenvalue weighted by Gasteiger charge is 2.38. The number of amidine groups is 1. The number of amides is 1. The summed E-state index contributed by atoms with van der Waals surface area (Å²) in [6.07, 6.45) is -4.04. The van der Waals surface area contributed by atoms with Crippen molar-refractivity contribution in [2.45, 2.75) is 19.2 Å². The minimum absolute atomic E-state index is 0.114. The van der Waals surface area contributed by atoms with Gasteiger partial charge in [0.05, 0.1) is 10.4 Å². The van der Waals surface area contributed by atoms with Crippen molar-refractivity contribution in [2.75, 3.05) is 0 Å². The SMILES string of the molecule is CC(Oc1c(C#N)cnc2ccc(/C=C3\SC(N)=NC3=O)cc12)C(F)(F)F. The van der Waals surface area contributed by atoms with Crippen LogP contribution in [-0.4, -0.2) is 28.3 Å². The van der Waals surface area contributed by atoms with E-state index in [0.29, 0.717) is 11.1 Å². The lowest BCUT2D eigenvalue weighted by molar-refractivity contribution is -0.189. The number of carbonyl (C=O) groups excluding carboxylic acids is 1. The third-order valence-electron chi connectivity index (χ3n) is 3.65. The van der Waals surface area contributed by atoms with Crippen LogP contribution in [0.3, 0.4) is 0 Å². The maximum Gasteiger partial charge on any atom is 0.425 e. The summed E-state index contributed by atoms with van der Waals surface area (Å²) in [6.45, 7) is 0.854. The predicted octanol–water partition coefficient (Wildman–Crippen LogP) is 3.37. The first kappa shape index (κ1) is 18.7. The number of alkyl halides is 3. The number of carbonyl (C=O) groups is 1. The normalized spacial score (nSPS) is 17.1. The van der Waals surface area contributed by atoms with Gasteiger partial charge < -0.3 is 10.5 Å². The second-order valence-electron chi connectivity index (χ2n) is 5.56. The Balaban J connectivity index is 2.09. The van der Waals surface area contributed by atoms with Gasteiger partial charge in [0, 0.05) is 11.6 Å². The monoisotopic (exact) mass is 392 g/mol. The molecule has 2 aromatic rings. The molecule has 1 atom stereocenters. The van der Waals surface area contributed by atoms with Crippen molar-refractivity contribution in [1.82, 2.24) is 4.98 Å². The molecule has 2 heterocycles. The fourth-order valence-corrected chi connectivity index (χ4v) is 2.98. The van der Waals surface area contributed by atoms with E-state index in [0.717, 1.165) is 24.9 Å². The summed E-state index contributed by atoms with van der Waals surface area (Å²) < 4.78 is 43.8. The third-order valence-corrected chi connectivity index (χ3v) is 4.47. The lowest BCUT2D eigenvalue weighted by Crippen LogP contribution is -2.31. The first-order valence-corrected chi connectivity index (χ1v) is 8.35. The van der Waals surface area contributed by atoms with E-state index in [1.165, 1.54) is 12.1 Å². The van der Waals surface area contributed by atoms with Gasteiger partial charge in [-0.25, -0.2) is 0 Å². The van der Waals surface area contributed by atoms with Crippen LogP contribution in [0.15, 0.2) is 34.3 Å². The zero-order valence-corrected chi connectivity index (χ0v) is 14.6. The van der Waals surface area contributed by atoms with Gasteiger partial charge in [0.1, 0.15) is 17.4 Å². The fourth-order valence-electron chi connectivity index (χ4n) is 2.30. The van der Waals surface area contributed by atoms with Crippen LogP contribution in [0.5, 0.6) is 5.75 Å². The number of fused-ring (bicyclic) bond motifs is 1. The lowest BCUT2D eigenvalue weighted by atomic mass is 10.1. The molecule has 0 saturated carbocycles. The van der Waals surface area contributed by atoms with Crippen LogP contribution in [0.1, 0.15) is 18.1 Å². The van der Waals surface area contributed by atoms with Crippen LogP contribution in [0.25, 0.3) is 17.0 Å². The van der Waals surface area contributed by atoms with Gasteiger partial charge in [-0.2, -0.15) is 23.4 Å². The van der Waals surface area contributed by atoms with E-state index in [1.54, 1.807) is 18.2 Å². The van der Waals surface area contributed by atoms with Crippen LogP contribution in [0.2, 0.25) is 0 Å². The molecule has 1 aromatic heterocycles. The average Bonchev–Trinajstić information content (AvgIpc) is 2.91. The number of hydrogen-bond acceptors (Lipinski definition) is 6. The first-order valence-electron chi connectivity index (χ1n) is 7.53. The number of pyridine rings is 1. The van der Waals surface area contributed by atoms with Crippen molar-refractivity contribution in [3.63, 3.8) is 0 Å². The number of ether oxygens (including phenoxy) is 1. The van der Waals surface area contributed by atoms with Crippen molar-refractivity contribution < 1.29 is 22.7 Å². The van der Waals surface area contributed by atoms with E-state index in [1.807, 2.05) is 0 Å². The van der Waals surface area contributed by atoms with Gasteiger partial charge in [-0.05, 0) is 42.5 Å². The number of thioether (sulfide) groups is 1. The van der Waals surface area contributed by atoms with Gasteiger partial charge in [-0.15, -0.1) is 0 Å². The van der Waals surface area contributed by atoms with Gasteiger partial charge in [0.2, 0.25) is 0 Å². The van der Waals surface area contributed by atoms with E-state index < -0.39 is 18.2 Å². The second-order valence-corrected chi connectivity index (χ2v) is 6.62. The second kappa shape index (κ2) is 6.92. The maximum absolute atomic E-state index is 12.9. The number of nitriles is 1. The van der Waals surface area contributed by atoms with Crippen molar-refractivity contribution >= 4 is 39.8 Å². The number of nitrogens with zero attached hydrogens (tertiary/aromatic N) is 3. The van der Waals surface area contributed by atoms with Gasteiger partial charge in [-0.1, -0.05) is 6.07 Å². The quantitative estimate of drug-likeness (QED) is 0.804. The Morgan fingerprint density at radius 1 is 1.41 bits per heavy atom. The van der Waals surface area contributed by atoms with E-state index >= 15 is 0 Å². The van der Waals surface area contributed by atoms with Gasteiger partial charge in [-0.3, -0.25) is 9.78 Å². The van der Waals surface area contributed by atoms with Crippen molar-refractivity contribution in [1.29, 1.82) is 5.26 Å². The van der Waals surface area contributed by atoms with Crippen molar-refractivity contribution in [3.8, 4) is 11.8 Å². The van der Waals surface area contributed by atoms with E-state index in [-0.39, 0.29) is 26.8 Å². The molecule has 0 fully saturated rings. The molecule has 1 unspecified atom stereocenters. The van der Waals surface area contributed by atoms with Gasteiger partial charge in [0.25, 0.3) is 5.91 Å². The van der Waals surface area contributed by atoms with Crippen LogP contribution >= 0.6 is 11.8 Å². The summed E-state index contributed by atoms with van der Waals surface area (Å²) in [6, 6.07) is 6.47. The van der Waals surface area contributed by atoms with E-state index in [2.05, 4.69) is 9.98 Å². The number of nitrogens with two attached hydrogens (primary N) is 1. The van der Waals surface area contributed by atoms with E-state index in [4.69, 9.17) is 10.5 Å². The van der Waals surface area contributed by atoms with Gasteiger partial charge >= 0.3 is 6.18 Å². The Kier molecular flexibility index (Phi) is 4.80. The highest BCUT2D eigenvalue weighted by molar-refractivity contribution is 8.18. The molecule has 1 aromatic carbocycles. The topological polar surface area (TPSA) is 101 Å². The zero-order chi connectivity index (χ0) is 19.8. The molecule has 2 N–H and O–H groups in total. The molecule has 6 nitrogen and oxygen atoms in total. The summed E-state index contributed by atoms with van der Waals surface area (Å²) in [5.74, 6) is -0.711. The number of rotatable bonds is 3. The standard InChI is InChI=1S/C17H11F3N4O2S/c1-8(17(18,19)20)26-14-10(6-21)7-23-12-3-2-9(4-11(12)14)5-13-15(25)24-16(22)27-13/h2-5,7-8H,1H3,(H2,22,24,25)/b13-5-. The molecule has 10 heteroatoms. The lowest BCUT2D eigenvalue weighted by Gasteiger charge is -2.19. The van der Waals surface area contributed by atoms with Crippen molar-refractivity contribution in [3.05, 3.63) is 40.4 Å². The minimum Gasteiger partial charge on any atom is -0.479 e. The Morgan fingerprint density at radius 2 is 2.15 bits per heavy atom. The molecule has 138 valence electrons. The summed E-state index contributed by atoms with van der Waals surface area (Å²) in [5.41, 5.74) is 6.23. The molecule has 0 spiro atoms. The smallest absolute Gasteiger partial charge is 0.425 e. The van der Waals surface area contributed by atoms with Crippen LogP contribution in [0, 0.1) is 11.3 Å². The first-order chi connectivity index (χ1) is 12.7. The number of halogens is 3. The third kappa shape index (κ3) is 3.88. The Morgan fingerprint density at radius 3 is 2.74 bits per heavy atom. The Hall–Kier alpha value is -3.06. The average molecular weight is 392 g/mol. The van der Waals surface area contributed by atoms with Crippen LogP contribution < -0.4 is 10.5 Å². The highest BCUT2D eigenvalue weighted by atomic mass is 32.2. The van der Waals surface area contributed by atoms with Crippen LogP contribution in [-0.2, 0) is 4.79 Å². The van der Waals surface area contributed by atoms with Gasteiger partial charge in [0.15, 0.2) is 11.3 Å². The molecular weight excluding hydrogens is 381 g/mol. The summed E-state index contributed by atoms with van der Waals surface area (Å²) in [7, 11) is 0. The number of aromatic nitrogens is 1. The highest BCUT2D eigenvalue weighted by Crippen LogP contribution is 2.34. The van der Waals surface area contributed by atoms with Crippen LogP contribution in [0.4, 0.5) is 13.2 Å². The maximum atomic E-state index is 12.9. The molecular formula is C17H11F3N4O2S. The van der Waals surface area contributed by atoms with E-state index in [9.17, 15) is 23.2 Å². The Bertz CT molecular complexity index is 1040. The number of hydrogen-bond donors (Lipinski definition) is 1. The minimum atomic E-state index is -4.59. The summed E-state index contributed by atoms with van der Waals surface area (Å²) >= 11 is 0.991. The fraction of sp³-hybridized carbons (Fsp3) is 0.176. The largest absolute Gasteiger partial charge is 0.479 e. The molecule has 0 aliphatic carbocycles. The molecule has 1 aliphatic heterocycles. The molecule has 27 heavy (non-hydrogen) atoms. The zero-order valence-electron chi connectivity index (χ0n) is 13.7. The number of benzene rings is 1. The molecule has 1 amide bonds. The Labute approximate surface area is 155 Å². The summed E-state index contributed by atoms with van der Waals surface area (Å²) in [4.78, 5) is 19.6. The molecule has 0 saturated heterocycles. The summed E-state index contributed by atoms with van der Waals surface area (Å²) in [5, 5.41) is 9.56. The molecule has 0 radical (unpaired) electrons. The number of aliphatic imine (C=N–C) groups is 1. The molecule has 0 bridgehead atoms.